The Labute approximate surface area is 157 Å². The number of hydrogen-bond donors (Lipinski definition) is 2. The Morgan fingerprint density at radius 2 is 2.19 bits per heavy atom. The van der Waals surface area contributed by atoms with Crippen LogP contribution in [0.4, 0.5) is 10.8 Å². The van der Waals surface area contributed by atoms with E-state index in [-0.39, 0.29) is 17.8 Å². The lowest BCUT2D eigenvalue weighted by molar-refractivity contribution is -0.384. The summed E-state index contributed by atoms with van der Waals surface area (Å²) in [4.78, 5) is 38.5. The largest absolute Gasteiger partial charge is 0.343 e. The van der Waals surface area contributed by atoms with Crippen molar-refractivity contribution < 1.29 is 14.5 Å². The van der Waals surface area contributed by atoms with Gasteiger partial charge in [-0.2, -0.15) is 5.10 Å². The number of nitro groups is 1. The van der Waals surface area contributed by atoms with Gasteiger partial charge in [0.25, 0.3) is 11.6 Å². The predicted molar refractivity (Wildman–Crippen MR) is 98.4 cm³/mol. The lowest BCUT2D eigenvalue weighted by atomic mass is 10.2. The lowest BCUT2D eigenvalue weighted by Gasteiger charge is -2.05. The van der Waals surface area contributed by atoms with Crippen molar-refractivity contribution >= 4 is 34.0 Å². The molecule has 2 N–H and O–H groups in total. The van der Waals surface area contributed by atoms with E-state index in [4.69, 9.17) is 0 Å². The maximum Gasteiger partial charge on any atom is 0.270 e. The van der Waals surface area contributed by atoms with Gasteiger partial charge in [0.15, 0.2) is 5.13 Å². The monoisotopic (exact) mass is 386 g/mol. The molecule has 2 amide bonds. The molecule has 0 aliphatic heterocycles. The molecule has 0 radical (unpaired) electrons. The fourth-order valence-electron chi connectivity index (χ4n) is 2.20. The van der Waals surface area contributed by atoms with Crippen molar-refractivity contribution in [1.82, 2.24) is 20.1 Å². The Balaban J connectivity index is 1.55. The van der Waals surface area contributed by atoms with Crippen molar-refractivity contribution in [3.05, 3.63) is 57.7 Å². The number of nitrogens with zero attached hydrogens (tertiary/aromatic N) is 4. The summed E-state index contributed by atoms with van der Waals surface area (Å²) < 4.78 is 1.65. The highest BCUT2D eigenvalue weighted by Crippen LogP contribution is 2.24. The number of carbonyl (C=O) groups is 2. The Morgan fingerprint density at radius 1 is 1.37 bits per heavy atom. The van der Waals surface area contributed by atoms with Crippen LogP contribution in [0.2, 0.25) is 0 Å². The number of aryl methyl sites for hydroxylation is 1. The Kier molecular flexibility index (Phi) is 5.22. The van der Waals surface area contributed by atoms with Crippen LogP contribution < -0.4 is 10.6 Å². The summed E-state index contributed by atoms with van der Waals surface area (Å²) in [6.07, 6.45) is 3.47. The van der Waals surface area contributed by atoms with E-state index in [2.05, 4.69) is 20.7 Å². The van der Waals surface area contributed by atoms with Gasteiger partial charge >= 0.3 is 0 Å². The van der Waals surface area contributed by atoms with E-state index in [1.807, 2.05) is 0 Å². The van der Waals surface area contributed by atoms with Crippen molar-refractivity contribution in [3.63, 3.8) is 0 Å². The van der Waals surface area contributed by atoms with E-state index in [9.17, 15) is 19.7 Å². The smallest absolute Gasteiger partial charge is 0.270 e. The molecule has 0 aliphatic rings. The molecule has 27 heavy (non-hydrogen) atoms. The molecule has 3 aromatic rings. The molecule has 2 aromatic heterocycles. The highest BCUT2D eigenvalue weighted by atomic mass is 32.1. The third-order valence-corrected chi connectivity index (χ3v) is 4.24. The average Bonchev–Trinajstić information content (AvgIpc) is 3.28. The van der Waals surface area contributed by atoms with Gasteiger partial charge in [-0.3, -0.25) is 24.4 Å². The van der Waals surface area contributed by atoms with Gasteiger partial charge in [-0.1, -0.05) is 6.07 Å². The minimum absolute atomic E-state index is 0.102. The highest BCUT2D eigenvalue weighted by molar-refractivity contribution is 7.14. The average molecular weight is 386 g/mol. The highest BCUT2D eigenvalue weighted by Gasteiger charge is 2.13. The van der Waals surface area contributed by atoms with Gasteiger partial charge in [0.1, 0.15) is 0 Å². The molecule has 0 spiro atoms. The standard InChI is InChI=1S/C16H14N6O4S/c1-21-8-11(6-18-21)13-9-27-16(19-13)20-14(23)7-17-15(24)10-3-2-4-12(5-10)22(25)26/h2-6,8-9H,7H2,1H3,(H,17,24)(H,19,20,23). The molecular formula is C16H14N6O4S. The van der Waals surface area contributed by atoms with E-state index in [1.54, 1.807) is 29.5 Å². The maximum absolute atomic E-state index is 12.0. The minimum atomic E-state index is -0.591. The first-order valence-corrected chi connectivity index (χ1v) is 8.57. The summed E-state index contributed by atoms with van der Waals surface area (Å²) in [7, 11) is 1.79. The number of nitrogens with one attached hydrogen (secondary N) is 2. The molecule has 2 heterocycles. The second kappa shape index (κ2) is 7.74. The van der Waals surface area contributed by atoms with Gasteiger partial charge in [0.2, 0.25) is 5.91 Å². The summed E-state index contributed by atoms with van der Waals surface area (Å²) in [5, 5.41) is 22.0. The molecule has 0 saturated carbocycles. The summed E-state index contributed by atoms with van der Waals surface area (Å²) in [6, 6.07) is 5.27. The number of nitro benzene ring substituents is 1. The van der Waals surface area contributed by atoms with Crippen LogP contribution in [0.25, 0.3) is 11.3 Å². The first-order chi connectivity index (χ1) is 12.9. The molecule has 0 atom stereocenters. The van der Waals surface area contributed by atoms with Crippen LogP contribution in [0.3, 0.4) is 0 Å². The van der Waals surface area contributed by atoms with Gasteiger partial charge < -0.3 is 10.6 Å². The fraction of sp³-hybridized carbons (Fsp3) is 0.125. The van der Waals surface area contributed by atoms with Crippen molar-refractivity contribution in [2.24, 2.45) is 7.05 Å². The van der Waals surface area contributed by atoms with Crippen LogP contribution >= 0.6 is 11.3 Å². The van der Waals surface area contributed by atoms with Crippen LogP contribution in [0.15, 0.2) is 42.0 Å². The third kappa shape index (κ3) is 4.52. The van der Waals surface area contributed by atoms with Crippen LogP contribution in [-0.4, -0.2) is 38.0 Å². The number of aromatic nitrogens is 3. The van der Waals surface area contributed by atoms with Crippen molar-refractivity contribution in [2.45, 2.75) is 0 Å². The SMILES string of the molecule is Cn1cc(-c2csc(NC(=O)CNC(=O)c3cccc([N+](=O)[O-])c3)n2)cn1. The lowest BCUT2D eigenvalue weighted by Crippen LogP contribution is -2.32. The predicted octanol–water partition coefficient (Wildman–Crippen LogP) is 1.82. The maximum atomic E-state index is 12.0. The molecule has 3 rings (SSSR count). The van der Waals surface area contributed by atoms with Crippen LogP contribution in [0.1, 0.15) is 10.4 Å². The minimum Gasteiger partial charge on any atom is -0.343 e. The summed E-state index contributed by atoms with van der Waals surface area (Å²) in [5.41, 5.74) is 1.42. The van der Waals surface area contributed by atoms with Crippen LogP contribution in [0, 0.1) is 10.1 Å². The molecule has 0 bridgehead atoms. The molecule has 11 heteroatoms. The molecule has 138 valence electrons. The molecule has 0 aliphatic carbocycles. The van der Waals surface area contributed by atoms with Crippen molar-refractivity contribution in [3.8, 4) is 11.3 Å². The first kappa shape index (κ1) is 18.2. The molecule has 0 fully saturated rings. The Hall–Kier alpha value is -3.60. The number of carbonyl (C=O) groups excluding carboxylic acids is 2. The Morgan fingerprint density at radius 3 is 2.89 bits per heavy atom. The van der Waals surface area contributed by atoms with Crippen LogP contribution in [-0.2, 0) is 11.8 Å². The second-order valence-corrected chi connectivity index (χ2v) is 6.34. The van der Waals surface area contributed by atoms with Gasteiger partial charge in [0, 0.05) is 41.9 Å². The zero-order valence-corrected chi connectivity index (χ0v) is 14.9. The zero-order valence-electron chi connectivity index (χ0n) is 14.1. The van der Waals surface area contributed by atoms with E-state index in [0.29, 0.717) is 10.8 Å². The van der Waals surface area contributed by atoms with Gasteiger partial charge in [-0.15, -0.1) is 11.3 Å². The number of hydrogen-bond acceptors (Lipinski definition) is 7. The summed E-state index contributed by atoms with van der Waals surface area (Å²) in [6.45, 7) is -0.288. The number of amides is 2. The molecule has 1 aromatic carbocycles. The quantitative estimate of drug-likeness (QED) is 0.490. The number of benzene rings is 1. The number of anilines is 1. The molecule has 0 saturated heterocycles. The molecule has 10 nitrogen and oxygen atoms in total. The molecule has 0 unspecified atom stereocenters. The van der Waals surface area contributed by atoms with Gasteiger partial charge in [-0.25, -0.2) is 4.98 Å². The van der Waals surface area contributed by atoms with E-state index in [1.165, 1.54) is 29.5 Å². The number of non-ortho nitro benzene ring substituents is 1. The van der Waals surface area contributed by atoms with E-state index < -0.39 is 16.7 Å². The van der Waals surface area contributed by atoms with E-state index >= 15 is 0 Å². The summed E-state index contributed by atoms with van der Waals surface area (Å²) >= 11 is 1.25. The molecular weight excluding hydrogens is 372 g/mol. The topological polar surface area (TPSA) is 132 Å². The zero-order chi connectivity index (χ0) is 19.4. The second-order valence-electron chi connectivity index (χ2n) is 5.48. The van der Waals surface area contributed by atoms with Crippen molar-refractivity contribution in [2.75, 3.05) is 11.9 Å². The van der Waals surface area contributed by atoms with Gasteiger partial charge in [0.05, 0.1) is 23.4 Å². The number of thiazole rings is 1. The van der Waals surface area contributed by atoms with E-state index in [0.717, 1.165) is 11.6 Å². The van der Waals surface area contributed by atoms with Crippen molar-refractivity contribution in [1.29, 1.82) is 0 Å². The third-order valence-electron chi connectivity index (χ3n) is 3.48. The first-order valence-electron chi connectivity index (χ1n) is 7.69. The fourth-order valence-corrected chi connectivity index (χ4v) is 2.94. The normalized spacial score (nSPS) is 10.4. The van der Waals surface area contributed by atoms with Crippen LogP contribution in [0.5, 0.6) is 0 Å². The van der Waals surface area contributed by atoms with Gasteiger partial charge in [-0.05, 0) is 6.07 Å². The number of rotatable bonds is 6. The Bertz CT molecular complexity index is 1010. The summed E-state index contributed by atoms with van der Waals surface area (Å²) in [5.74, 6) is -1.04.